The molecule has 270 valence electrons. The Hall–Kier alpha value is -2.65. The Kier molecular flexibility index (Phi) is 8.49. The molecule has 0 aromatic heterocycles. The average molecular weight is 688 g/mol. The van der Waals surface area contributed by atoms with Crippen molar-refractivity contribution in [3.05, 3.63) is 35.9 Å². The van der Waals surface area contributed by atoms with Crippen LogP contribution in [0.3, 0.4) is 0 Å². The zero-order valence-electron chi connectivity index (χ0n) is 29.2. The molecule has 0 amide bonds. The van der Waals surface area contributed by atoms with E-state index >= 15 is 0 Å². The summed E-state index contributed by atoms with van der Waals surface area (Å²) in [5, 5.41) is 25.5. The number of carbonyl (C=O) groups is 3. The SMILES string of the molecule is CCN1CC2(COC)C(OC(C)=O)CC(OC)C34[C@@H]5C[C@@]6(O)C(OC(=O)c7ccccc7)[C@@H]5[C@@](OC(C)=O)(C(C(OC)[C@H]23)[C@@H]14)C(O)[C@@H]6OC. The third kappa shape index (κ3) is 4.21. The van der Waals surface area contributed by atoms with Gasteiger partial charge < -0.3 is 43.4 Å². The van der Waals surface area contributed by atoms with Gasteiger partial charge in [0.1, 0.15) is 30.0 Å². The molecule has 1 saturated heterocycles. The van der Waals surface area contributed by atoms with Crippen LogP contribution in [0.4, 0.5) is 0 Å². The van der Waals surface area contributed by atoms with E-state index in [-0.39, 0.29) is 24.6 Å². The lowest BCUT2D eigenvalue weighted by atomic mass is 9.42. The van der Waals surface area contributed by atoms with Gasteiger partial charge in [-0.05, 0) is 31.0 Å². The summed E-state index contributed by atoms with van der Waals surface area (Å²) < 4.78 is 43.9. The molecule has 5 saturated carbocycles. The fraction of sp³-hybridized carbons (Fsp3) is 0.750. The van der Waals surface area contributed by atoms with Gasteiger partial charge in [0.25, 0.3) is 0 Å². The number of nitrogens with zero attached hydrogens (tertiary/aromatic N) is 1. The van der Waals surface area contributed by atoms with Crippen molar-refractivity contribution in [1.82, 2.24) is 4.90 Å². The minimum atomic E-state index is -1.86. The Labute approximate surface area is 286 Å². The molecule has 0 radical (unpaired) electrons. The molecule has 15 atom stereocenters. The van der Waals surface area contributed by atoms with E-state index in [1.54, 1.807) is 51.7 Å². The molecule has 13 nitrogen and oxygen atoms in total. The summed E-state index contributed by atoms with van der Waals surface area (Å²) in [6.07, 6.45) is -5.45. The van der Waals surface area contributed by atoms with Gasteiger partial charge in [-0.2, -0.15) is 0 Å². The second-order valence-electron chi connectivity index (χ2n) is 15.0. The number of ether oxygens (including phenoxy) is 7. The standard InChI is InChI=1S/C36H49NO12/c1-8-37-16-33(17-43-4)22(47-18(2)38)14-23(44-5)35-21-15-34(42)30(48-32(41)20-12-10-9-11-13-20)24(21)36(49-19(3)39,29(40)31(34)46-7)25(28(35)37)26(45-6)27(33)35/h9-13,21-31,40,42H,8,14-17H2,1-7H3/t21-,22?,23?,24-,25?,26?,27-,28-,29?,30?,31+,33?,34-,35?,36-/m1/s1. The average Bonchev–Trinajstić information content (AvgIpc) is 3.44. The number of methoxy groups -OCH3 is 4. The van der Waals surface area contributed by atoms with Crippen molar-refractivity contribution in [3.63, 3.8) is 0 Å². The third-order valence-electron chi connectivity index (χ3n) is 13.4. The van der Waals surface area contributed by atoms with Gasteiger partial charge in [-0.3, -0.25) is 14.5 Å². The summed E-state index contributed by atoms with van der Waals surface area (Å²) >= 11 is 0. The van der Waals surface area contributed by atoms with Crippen LogP contribution in [-0.2, 0) is 42.7 Å². The predicted octanol–water partition coefficient (Wildman–Crippen LogP) is 1.22. The molecular weight excluding hydrogens is 638 g/mol. The highest BCUT2D eigenvalue weighted by Gasteiger charge is 2.92. The molecule has 1 spiro atoms. The van der Waals surface area contributed by atoms with Crippen molar-refractivity contribution in [2.45, 2.75) is 87.5 Å². The van der Waals surface area contributed by atoms with Crippen LogP contribution in [0.15, 0.2) is 30.3 Å². The fourth-order valence-corrected chi connectivity index (χ4v) is 12.7. The maximum absolute atomic E-state index is 13.8. The lowest BCUT2D eigenvalue weighted by molar-refractivity contribution is -0.322. The minimum absolute atomic E-state index is 0.0534. The number of carbonyl (C=O) groups excluding carboxylic acids is 3. The first-order chi connectivity index (χ1) is 23.4. The Balaban J connectivity index is 1.53. The maximum Gasteiger partial charge on any atom is 0.338 e. The van der Waals surface area contributed by atoms with E-state index in [0.29, 0.717) is 19.5 Å². The molecule has 1 heterocycles. The predicted molar refractivity (Wildman–Crippen MR) is 170 cm³/mol. The summed E-state index contributed by atoms with van der Waals surface area (Å²) in [4.78, 5) is 42.2. The molecular formula is C36H49NO12. The van der Waals surface area contributed by atoms with Crippen LogP contribution in [0.2, 0.25) is 0 Å². The van der Waals surface area contributed by atoms with Gasteiger partial charge in [0.05, 0.1) is 24.4 Å². The van der Waals surface area contributed by atoms with Gasteiger partial charge in [0, 0.05) is 89.9 Å². The Bertz CT molecular complexity index is 1480. The molecule has 2 N–H and O–H groups in total. The lowest BCUT2D eigenvalue weighted by Gasteiger charge is -2.70. The number of rotatable bonds is 10. The highest BCUT2D eigenvalue weighted by Crippen LogP contribution is 2.80. The van der Waals surface area contributed by atoms with Crippen molar-refractivity contribution >= 4 is 17.9 Å². The summed E-state index contributed by atoms with van der Waals surface area (Å²) in [5.74, 6) is -4.24. The first kappa shape index (κ1) is 34.8. The van der Waals surface area contributed by atoms with Crippen LogP contribution in [0, 0.1) is 34.5 Å². The van der Waals surface area contributed by atoms with E-state index in [4.69, 9.17) is 33.2 Å². The third-order valence-corrected chi connectivity index (χ3v) is 13.4. The van der Waals surface area contributed by atoms with Crippen LogP contribution in [0.25, 0.3) is 0 Å². The van der Waals surface area contributed by atoms with Gasteiger partial charge >= 0.3 is 17.9 Å². The van der Waals surface area contributed by atoms with Crippen LogP contribution in [0.1, 0.15) is 44.0 Å². The molecule has 13 heteroatoms. The maximum atomic E-state index is 13.8. The summed E-state index contributed by atoms with van der Waals surface area (Å²) in [6, 6.07) is 8.12. The number of benzene rings is 1. The number of aliphatic hydroxyl groups is 2. The Morgan fingerprint density at radius 3 is 2.20 bits per heavy atom. The first-order valence-electron chi connectivity index (χ1n) is 17.2. The smallest absolute Gasteiger partial charge is 0.338 e. The van der Waals surface area contributed by atoms with Crippen LogP contribution < -0.4 is 0 Å². The zero-order chi connectivity index (χ0) is 35.3. The topological polar surface area (TPSA) is 160 Å². The molecule has 6 aliphatic rings. The van der Waals surface area contributed by atoms with Gasteiger partial charge in [0.2, 0.25) is 0 Å². The largest absolute Gasteiger partial charge is 0.462 e. The summed E-state index contributed by atoms with van der Waals surface area (Å²) in [6.45, 7) is 5.99. The molecule has 7 bridgehead atoms. The van der Waals surface area contributed by atoms with Gasteiger partial charge in [-0.15, -0.1) is 0 Å². The lowest BCUT2D eigenvalue weighted by Crippen LogP contribution is -2.81. The molecule has 7 rings (SSSR count). The van der Waals surface area contributed by atoms with Gasteiger partial charge in [-0.1, -0.05) is 25.1 Å². The number of piperidine rings is 1. The number of likely N-dealkylation sites (tertiary alicyclic amines) is 1. The first-order valence-corrected chi connectivity index (χ1v) is 17.2. The van der Waals surface area contributed by atoms with Gasteiger partial charge in [0.15, 0.2) is 5.60 Å². The number of aliphatic hydroxyl groups excluding tert-OH is 1. The van der Waals surface area contributed by atoms with E-state index in [9.17, 15) is 24.6 Å². The number of fused-ring (bicyclic) bond motifs is 2. The van der Waals surface area contributed by atoms with Crippen molar-refractivity contribution in [1.29, 1.82) is 0 Å². The fourth-order valence-electron chi connectivity index (χ4n) is 12.7. The second-order valence-corrected chi connectivity index (χ2v) is 15.0. The van der Waals surface area contributed by atoms with E-state index in [2.05, 4.69) is 4.90 Å². The number of esters is 3. The highest BCUT2D eigenvalue weighted by atomic mass is 16.6. The van der Waals surface area contributed by atoms with Crippen molar-refractivity contribution in [2.75, 3.05) is 48.1 Å². The van der Waals surface area contributed by atoms with Crippen molar-refractivity contribution in [2.24, 2.45) is 34.5 Å². The molecule has 49 heavy (non-hydrogen) atoms. The Morgan fingerprint density at radius 1 is 0.918 bits per heavy atom. The summed E-state index contributed by atoms with van der Waals surface area (Å²) in [7, 11) is 6.25. The Morgan fingerprint density at radius 2 is 1.63 bits per heavy atom. The highest BCUT2D eigenvalue weighted by molar-refractivity contribution is 5.89. The normalized spacial score (nSPS) is 47.4. The molecule has 6 fully saturated rings. The minimum Gasteiger partial charge on any atom is -0.462 e. The van der Waals surface area contributed by atoms with E-state index in [1.165, 1.54) is 21.0 Å². The van der Waals surface area contributed by atoms with E-state index in [1.807, 2.05) is 6.92 Å². The number of hydrogen-bond donors (Lipinski definition) is 2. The molecule has 8 unspecified atom stereocenters. The summed E-state index contributed by atoms with van der Waals surface area (Å²) in [5.41, 5.74) is -4.92. The van der Waals surface area contributed by atoms with Crippen LogP contribution in [0.5, 0.6) is 0 Å². The molecule has 1 aromatic carbocycles. The van der Waals surface area contributed by atoms with Crippen molar-refractivity contribution in [3.8, 4) is 0 Å². The quantitative estimate of drug-likeness (QED) is 0.267. The van der Waals surface area contributed by atoms with Crippen LogP contribution >= 0.6 is 0 Å². The molecule has 1 aliphatic heterocycles. The molecule has 5 aliphatic carbocycles. The second kappa shape index (κ2) is 12.0. The zero-order valence-corrected chi connectivity index (χ0v) is 29.2. The van der Waals surface area contributed by atoms with E-state index in [0.717, 1.165) is 0 Å². The van der Waals surface area contributed by atoms with Crippen molar-refractivity contribution < 1.29 is 57.8 Å². The monoisotopic (exact) mass is 687 g/mol. The van der Waals surface area contributed by atoms with Gasteiger partial charge in [-0.25, -0.2) is 4.79 Å². The van der Waals surface area contributed by atoms with E-state index < -0.39 is 100 Å². The van der Waals surface area contributed by atoms with Crippen LogP contribution in [-0.4, -0.2) is 135 Å². The molecule has 1 aromatic rings. The number of hydrogen-bond acceptors (Lipinski definition) is 13.